The molecule has 0 spiro atoms. The first-order chi connectivity index (χ1) is 14.7. The minimum atomic E-state index is -5.08. The average molecular weight is 430 g/mol. The molecule has 0 radical (unpaired) electrons. The smallest absolute Gasteiger partial charge is 0.475 e. The average Bonchev–Trinajstić information content (AvgIpc) is 3.19. The highest BCUT2D eigenvalue weighted by atomic mass is 19.4. The largest absolute Gasteiger partial charge is 0.490 e. The zero-order valence-corrected chi connectivity index (χ0v) is 16.0. The molecule has 3 aromatic heterocycles. The SMILES string of the molecule is O=C(O)C(F)(F)F.O=C1NCCc2[nH]c(-c3ccnc(/C=C\c4cccnc4)c3)cc21. The van der Waals surface area contributed by atoms with E-state index >= 15 is 0 Å². The summed E-state index contributed by atoms with van der Waals surface area (Å²) < 4.78 is 31.7. The number of aromatic nitrogens is 3. The highest BCUT2D eigenvalue weighted by Gasteiger charge is 2.38. The number of H-pyrrole nitrogens is 1. The van der Waals surface area contributed by atoms with Gasteiger partial charge in [-0.3, -0.25) is 14.8 Å². The minimum Gasteiger partial charge on any atom is -0.475 e. The van der Waals surface area contributed by atoms with Gasteiger partial charge in [-0.2, -0.15) is 13.2 Å². The van der Waals surface area contributed by atoms with Gasteiger partial charge in [0.15, 0.2) is 0 Å². The van der Waals surface area contributed by atoms with E-state index in [0.717, 1.165) is 40.2 Å². The number of rotatable bonds is 3. The van der Waals surface area contributed by atoms with Crippen molar-refractivity contribution in [2.75, 3.05) is 6.54 Å². The molecule has 1 amide bonds. The topological polar surface area (TPSA) is 108 Å². The van der Waals surface area contributed by atoms with Crippen LogP contribution in [0.1, 0.15) is 27.3 Å². The Kier molecular flexibility index (Phi) is 6.49. The summed E-state index contributed by atoms with van der Waals surface area (Å²) in [6.45, 7) is 0.682. The van der Waals surface area contributed by atoms with Gasteiger partial charge < -0.3 is 15.4 Å². The molecule has 1 aliphatic rings. The maximum absolute atomic E-state index is 11.9. The number of carbonyl (C=O) groups excluding carboxylic acids is 1. The first-order valence-corrected chi connectivity index (χ1v) is 9.09. The third kappa shape index (κ3) is 5.78. The second-order valence-electron chi connectivity index (χ2n) is 6.47. The van der Waals surface area contributed by atoms with Crippen molar-refractivity contribution in [3.05, 3.63) is 71.4 Å². The summed E-state index contributed by atoms with van der Waals surface area (Å²) in [5.74, 6) is -2.77. The van der Waals surface area contributed by atoms with Crippen molar-refractivity contribution in [3.63, 3.8) is 0 Å². The number of carboxylic acid groups (broad SMARTS) is 1. The highest BCUT2D eigenvalue weighted by molar-refractivity contribution is 5.97. The Morgan fingerprint density at radius 2 is 1.94 bits per heavy atom. The van der Waals surface area contributed by atoms with Gasteiger partial charge >= 0.3 is 12.1 Å². The summed E-state index contributed by atoms with van der Waals surface area (Å²) in [6.07, 6.45) is 5.01. The van der Waals surface area contributed by atoms with Crippen molar-refractivity contribution in [1.29, 1.82) is 0 Å². The lowest BCUT2D eigenvalue weighted by Crippen LogP contribution is -2.31. The van der Waals surface area contributed by atoms with Crippen LogP contribution in [0, 0.1) is 0 Å². The Balaban J connectivity index is 0.000000339. The molecule has 10 heteroatoms. The predicted molar refractivity (Wildman–Crippen MR) is 107 cm³/mol. The van der Waals surface area contributed by atoms with Crippen LogP contribution in [-0.2, 0) is 11.2 Å². The Morgan fingerprint density at radius 1 is 1.16 bits per heavy atom. The van der Waals surface area contributed by atoms with E-state index in [2.05, 4.69) is 20.3 Å². The number of pyridine rings is 2. The fourth-order valence-corrected chi connectivity index (χ4v) is 2.81. The van der Waals surface area contributed by atoms with E-state index in [1.165, 1.54) is 0 Å². The lowest BCUT2D eigenvalue weighted by Gasteiger charge is -2.10. The van der Waals surface area contributed by atoms with Gasteiger partial charge in [0, 0.05) is 48.5 Å². The van der Waals surface area contributed by atoms with E-state index in [1.54, 1.807) is 18.6 Å². The molecule has 0 aliphatic carbocycles. The van der Waals surface area contributed by atoms with Crippen LogP contribution < -0.4 is 5.32 Å². The molecule has 0 atom stereocenters. The number of amides is 1. The van der Waals surface area contributed by atoms with E-state index in [4.69, 9.17) is 9.90 Å². The summed E-state index contributed by atoms with van der Waals surface area (Å²) in [5.41, 5.74) is 5.57. The van der Waals surface area contributed by atoms with Gasteiger partial charge in [0.05, 0.1) is 11.3 Å². The molecule has 31 heavy (non-hydrogen) atoms. The molecule has 7 nitrogen and oxygen atoms in total. The number of aliphatic carboxylic acids is 1. The van der Waals surface area contributed by atoms with Crippen LogP contribution in [0.3, 0.4) is 0 Å². The fourth-order valence-electron chi connectivity index (χ4n) is 2.81. The van der Waals surface area contributed by atoms with Gasteiger partial charge in [-0.15, -0.1) is 0 Å². The number of hydrogen-bond donors (Lipinski definition) is 3. The number of alkyl halides is 3. The van der Waals surface area contributed by atoms with E-state index in [0.29, 0.717) is 6.54 Å². The van der Waals surface area contributed by atoms with Crippen LogP contribution in [0.4, 0.5) is 13.2 Å². The zero-order valence-electron chi connectivity index (χ0n) is 16.0. The Morgan fingerprint density at radius 3 is 2.58 bits per heavy atom. The van der Waals surface area contributed by atoms with Gasteiger partial charge in [-0.1, -0.05) is 12.1 Å². The van der Waals surface area contributed by atoms with Gasteiger partial charge in [0.2, 0.25) is 0 Å². The number of fused-ring (bicyclic) bond motifs is 1. The quantitative estimate of drug-likeness (QED) is 0.589. The van der Waals surface area contributed by atoms with Crippen molar-refractivity contribution in [1.82, 2.24) is 20.3 Å². The Hall–Kier alpha value is -3.95. The van der Waals surface area contributed by atoms with Crippen LogP contribution in [0.25, 0.3) is 23.4 Å². The van der Waals surface area contributed by atoms with Crippen molar-refractivity contribution in [3.8, 4) is 11.3 Å². The summed E-state index contributed by atoms with van der Waals surface area (Å²) in [5, 5.41) is 9.99. The Bertz CT molecular complexity index is 1110. The molecule has 1 aliphatic heterocycles. The minimum absolute atomic E-state index is 0.00972. The molecule has 3 N–H and O–H groups in total. The summed E-state index contributed by atoms with van der Waals surface area (Å²) in [4.78, 5) is 32.6. The number of carbonyl (C=O) groups is 2. The third-order valence-corrected chi connectivity index (χ3v) is 4.27. The molecule has 0 unspecified atom stereocenters. The number of nitrogens with zero attached hydrogens (tertiary/aromatic N) is 2. The van der Waals surface area contributed by atoms with Crippen LogP contribution in [0.2, 0.25) is 0 Å². The van der Waals surface area contributed by atoms with Crippen LogP contribution in [0.15, 0.2) is 48.9 Å². The first-order valence-electron chi connectivity index (χ1n) is 9.09. The van der Waals surface area contributed by atoms with E-state index in [1.807, 2.05) is 42.5 Å². The Labute approximate surface area is 174 Å². The number of hydrogen-bond acceptors (Lipinski definition) is 4. The zero-order chi connectivity index (χ0) is 22.4. The predicted octanol–water partition coefficient (Wildman–Crippen LogP) is 3.56. The normalized spacial score (nSPS) is 13.2. The standard InChI is InChI=1S/C19H16N4O.C2HF3O2/c24-19-16-11-18(23-17(16)6-9-22-19)14-5-8-21-15(10-14)4-3-13-2-1-7-20-12-13;3-2(4,5)1(6)7/h1-5,7-8,10-12,23H,6,9H2,(H,22,24);(H,6,7)/b4-3-;. The van der Waals surface area contributed by atoms with Gasteiger partial charge in [0.1, 0.15) is 0 Å². The second-order valence-corrected chi connectivity index (χ2v) is 6.47. The van der Waals surface area contributed by atoms with Gasteiger partial charge in [0.25, 0.3) is 5.91 Å². The number of carboxylic acids is 1. The van der Waals surface area contributed by atoms with Crippen molar-refractivity contribution in [2.24, 2.45) is 0 Å². The van der Waals surface area contributed by atoms with Crippen molar-refractivity contribution < 1.29 is 27.9 Å². The monoisotopic (exact) mass is 430 g/mol. The van der Waals surface area contributed by atoms with Crippen LogP contribution in [-0.4, -0.2) is 44.7 Å². The maximum atomic E-state index is 11.9. The van der Waals surface area contributed by atoms with E-state index < -0.39 is 12.1 Å². The fraction of sp³-hybridized carbons (Fsp3) is 0.143. The molecular formula is C21H17F3N4O3. The third-order valence-electron chi connectivity index (χ3n) is 4.27. The van der Waals surface area contributed by atoms with Gasteiger partial charge in [-0.25, -0.2) is 4.79 Å². The molecule has 0 fully saturated rings. The van der Waals surface area contributed by atoms with E-state index in [9.17, 15) is 18.0 Å². The first kappa shape index (κ1) is 21.8. The van der Waals surface area contributed by atoms with Crippen LogP contribution in [0.5, 0.6) is 0 Å². The molecule has 0 saturated heterocycles. The highest BCUT2D eigenvalue weighted by Crippen LogP contribution is 2.24. The van der Waals surface area contributed by atoms with Crippen molar-refractivity contribution in [2.45, 2.75) is 12.6 Å². The number of nitrogens with one attached hydrogen (secondary N) is 2. The lowest BCUT2D eigenvalue weighted by atomic mass is 10.1. The van der Waals surface area contributed by atoms with E-state index in [-0.39, 0.29) is 5.91 Å². The van der Waals surface area contributed by atoms with Gasteiger partial charge in [-0.05, 0) is 35.9 Å². The molecular weight excluding hydrogens is 413 g/mol. The lowest BCUT2D eigenvalue weighted by molar-refractivity contribution is -0.192. The molecule has 160 valence electrons. The molecule has 0 bridgehead atoms. The molecule has 0 saturated carbocycles. The summed E-state index contributed by atoms with van der Waals surface area (Å²) in [7, 11) is 0. The second kappa shape index (κ2) is 9.24. The van der Waals surface area contributed by atoms with Crippen LogP contribution >= 0.6 is 0 Å². The number of aromatic amines is 1. The van der Waals surface area contributed by atoms with Crippen molar-refractivity contribution >= 4 is 24.0 Å². The number of halogens is 3. The maximum Gasteiger partial charge on any atom is 0.490 e. The molecule has 4 rings (SSSR count). The molecule has 0 aromatic carbocycles. The summed E-state index contributed by atoms with van der Waals surface area (Å²) >= 11 is 0. The summed E-state index contributed by atoms with van der Waals surface area (Å²) in [6, 6.07) is 9.75. The molecule has 4 heterocycles. The molecule has 3 aromatic rings.